The number of thiazole rings is 3. The number of hydrogen-bond acceptors (Lipinski definition) is 18. The van der Waals surface area contributed by atoms with Crippen molar-refractivity contribution in [2.75, 3.05) is 26.2 Å². The third-order valence-corrected chi connectivity index (χ3v) is 16.8. The Morgan fingerprint density at radius 1 is 0.494 bits per heavy atom. The van der Waals surface area contributed by atoms with Gasteiger partial charge in [0.15, 0.2) is 0 Å². The molecular weight excluding hydrogens is 1200 g/mol. The van der Waals surface area contributed by atoms with Gasteiger partial charge >= 0.3 is 0 Å². The topological polar surface area (TPSA) is 393 Å². The molecule has 4 heterocycles. The van der Waals surface area contributed by atoms with Crippen molar-refractivity contribution in [3.8, 4) is 5.75 Å². The lowest BCUT2D eigenvalue weighted by atomic mass is 9.98. The zero-order valence-corrected chi connectivity index (χ0v) is 51.5. The van der Waals surface area contributed by atoms with Crippen molar-refractivity contribution in [3.05, 3.63) is 150 Å². The van der Waals surface area contributed by atoms with Crippen molar-refractivity contribution in [2.24, 2.45) is 17.6 Å². The molecule has 0 fully saturated rings. The summed E-state index contributed by atoms with van der Waals surface area (Å²) in [7, 11) is 0. The van der Waals surface area contributed by atoms with Crippen molar-refractivity contribution in [2.45, 2.75) is 102 Å². The molecule has 1 aliphatic heterocycles. The first kappa shape index (κ1) is 67.0. The van der Waals surface area contributed by atoms with Crippen LogP contribution in [0.5, 0.6) is 5.75 Å². The third kappa shape index (κ3) is 20.6. The van der Waals surface area contributed by atoms with Gasteiger partial charge in [0.2, 0.25) is 47.3 Å². The highest BCUT2D eigenvalue weighted by molar-refractivity contribution is 7.10. The molecular formula is C60H70N14O12S3. The van der Waals surface area contributed by atoms with Crippen LogP contribution in [0.2, 0.25) is 0 Å². The minimum atomic E-state index is -1.34. The number of carbonyl (C=O) groups is 11. The number of nitrogens with one attached hydrogen (secondary N) is 10. The molecule has 470 valence electrons. The molecule has 0 unspecified atom stereocenters. The highest BCUT2D eigenvalue weighted by atomic mass is 32.1. The van der Waals surface area contributed by atoms with E-state index >= 15 is 0 Å². The smallest absolute Gasteiger partial charge is 0.271 e. The summed E-state index contributed by atoms with van der Waals surface area (Å²) in [6.07, 6.45) is 0.366. The molecule has 0 spiro atoms. The normalized spacial score (nSPS) is 20.6. The standard InChI is InChI=1S/C60H70N14O12S3/c1-5-33(4)51-60-73-45(31-89-60)57(86)69-41(20-32(2)3)58-72-44(30-88-58)56(85)68-39(23-36-16-18-37(75)19-17-36)54(83)70-42(24-46(61)76)59-71-43(29-87-59)52(81)65-27-49(79)63-25-47(77)62-26-48(78)64-28-50(80)66-38(21-34-12-8-6-9-13-34)53(82)67-40(55(84)74-51)22-35-14-10-7-11-15-35/h6-19,29-33,38-42,51,75H,5,20-28H2,1-4H3,(H2,61,76)(H,62,77)(H,63,79)(H,64,78)(H,65,81)(H,66,80)(H,67,82)(H,68,85)(H,69,86)(H,70,83)(H,74,84)/t33-,38-,39-,40-,41-,42+,51-/m0/s1. The lowest BCUT2D eigenvalue weighted by Gasteiger charge is -2.27. The fourth-order valence-electron chi connectivity index (χ4n) is 9.09. The minimum Gasteiger partial charge on any atom is -0.508 e. The number of rotatable bonds is 12. The van der Waals surface area contributed by atoms with E-state index in [0.29, 0.717) is 39.5 Å². The van der Waals surface area contributed by atoms with Gasteiger partial charge < -0.3 is 64.0 Å². The van der Waals surface area contributed by atoms with Crippen LogP contribution in [0.3, 0.4) is 0 Å². The Labute approximate surface area is 524 Å². The molecule has 26 nitrogen and oxygen atoms in total. The van der Waals surface area contributed by atoms with Gasteiger partial charge in [-0.15, -0.1) is 34.0 Å². The van der Waals surface area contributed by atoms with E-state index in [9.17, 15) is 57.8 Å². The summed E-state index contributed by atoms with van der Waals surface area (Å²) in [5.74, 6) is -8.55. The van der Waals surface area contributed by atoms with Gasteiger partial charge in [0.1, 0.15) is 56.0 Å². The fraction of sp³-hybridized carbons (Fsp3) is 0.367. The number of amides is 11. The summed E-state index contributed by atoms with van der Waals surface area (Å²) in [6.45, 7) is 5.26. The molecule has 0 radical (unpaired) electrons. The molecule has 89 heavy (non-hydrogen) atoms. The number of benzene rings is 3. The van der Waals surface area contributed by atoms with Crippen LogP contribution in [-0.2, 0) is 57.6 Å². The molecule has 3 aromatic carbocycles. The summed E-state index contributed by atoms with van der Waals surface area (Å²) >= 11 is 3.14. The van der Waals surface area contributed by atoms with Crippen LogP contribution >= 0.6 is 34.0 Å². The highest BCUT2D eigenvalue weighted by Gasteiger charge is 2.34. The van der Waals surface area contributed by atoms with Crippen LogP contribution in [0, 0.1) is 11.8 Å². The van der Waals surface area contributed by atoms with Crippen molar-refractivity contribution >= 4 is 99.0 Å². The Morgan fingerprint density at radius 3 is 1.40 bits per heavy atom. The maximum Gasteiger partial charge on any atom is 0.271 e. The number of nitrogens with two attached hydrogens (primary N) is 1. The molecule has 1 aliphatic rings. The molecule has 3 aromatic heterocycles. The summed E-state index contributed by atoms with van der Waals surface area (Å²) in [5.41, 5.74) is 7.26. The number of phenolic OH excluding ortho intramolecular Hbond substituents is 1. The number of phenols is 1. The second kappa shape index (κ2) is 32.5. The molecule has 13 N–H and O–H groups in total. The molecule has 11 amide bonds. The number of hydrogen-bond donors (Lipinski definition) is 12. The Bertz CT molecular complexity index is 3490. The molecule has 0 aliphatic carbocycles. The molecule has 0 saturated heterocycles. The second-order valence-electron chi connectivity index (χ2n) is 21.4. The first-order valence-electron chi connectivity index (χ1n) is 28.5. The quantitative estimate of drug-likeness (QED) is 0.0835. The maximum absolute atomic E-state index is 14.7. The van der Waals surface area contributed by atoms with E-state index in [-0.39, 0.29) is 58.9 Å². The first-order valence-corrected chi connectivity index (χ1v) is 31.2. The van der Waals surface area contributed by atoms with Crippen molar-refractivity contribution in [1.29, 1.82) is 0 Å². The first-order chi connectivity index (χ1) is 42.6. The summed E-state index contributed by atoms with van der Waals surface area (Å²) in [6, 6.07) is 17.2. The number of aromatic hydroxyl groups is 1. The lowest BCUT2D eigenvalue weighted by molar-refractivity contribution is -0.132. The largest absolute Gasteiger partial charge is 0.508 e. The van der Waals surface area contributed by atoms with E-state index in [1.165, 1.54) is 22.9 Å². The zero-order valence-electron chi connectivity index (χ0n) is 49.1. The fourth-order valence-corrected chi connectivity index (χ4v) is 11.8. The second-order valence-corrected chi connectivity index (χ2v) is 24.1. The van der Waals surface area contributed by atoms with Crippen LogP contribution in [0.15, 0.2) is 101 Å². The van der Waals surface area contributed by atoms with Gasteiger partial charge in [0, 0.05) is 35.4 Å². The number of primary amides is 1. The monoisotopic (exact) mass is 1270 g/mol. The van der Waals surface area contributed by atoms with Gasteiger partial charge in [-0.3, -0.25) is 52.7 Å². The summed E-state index contributed by atoms with van der Waals surface area (Å²) in [5, 5.41) is 41.7. The summed E-state index contributed by atoms with van der Waals surface area (Å²) < 4.78 is 0. The van der Waals surface area contributed by atoms with Crippen molar-refractivity contribution in [3.63, 3.8) is 0 Å². The van der Waals surface area contributed by atoms with Crippen LogP contribution in [0.25, 0.3) is 0 Å². The zero-order chi connectivity index (χ0) is 64.1. The Hall–Kier alpha value is -9.48. The van der Waals surface area contributed by atoms with E-state index in [0.717, 1.165) is 34.0 Å². The van der Waals surface area contributed by atoms with Gasteiger partial charge in [-0.05, 0) is 47.1 Å². The average molecular weight is 1280 g/mol. The number of carbonyl (C=O) groups excluding carboxylic acids is 11. The van der Waals surface area contributed by atoms with E-state index in [1.807, 2.05) is 27.7 Å². The van der Waals surface area contributed by atoms with Crippen LogP contribution in [0.1, 0.15) is 128 Å². The van der Waals surface area contributed by atoms with Gasteiger partial charge in [-0.1, -0.05) is 107 Å². The predicted molar refractivity (Wildman–Crippen MR) is 330 cm³/mol. The third-order valence-electron chi connectivity index (χ3n) is 14.0. The van der Waals surface area contributed by atoms with Crippen LogP contribution < -0.4 is 58.9 Å². The predicted octanol–water partition coefficient (Wildman–Crippen LogP) is 2.10. The Balaban J connectivity index is 1.18. The van der Waals surface area contributed by atoms with Crippen molar-refractivity contribution in [1.82, 2.24) is 68.1 Å². The molecule has 29 heteroatoms. The number of aromatic nitrogens is 3. The molecule has 6 aromatic rings. The van der Waals surface area contributed by atoms with Gasteiger partial charge in [-0.25, -0.2) is 15.0 Å². The van der Waals surface area contributed by atoms with Crippen LogP contribution in [0.4, 0.5) is 0 Å². The number of nitrogens with zero attached hydrogens (tertiary/aromatic N) is 3. The molecule has 7 rings (SSSR count). The number of fused-ring (bicyclic) bond motifs is 6. The van der Waals surface area contributed by atoms with Crippen LogP contribution in [-0.4, -0.2) is 129 Å². The van der Waals surface area contributed by atoms with E-state index < -0.39 is 134 Å². The van der Waals surface area contributed by atoms with Gasteiger partial charge in [0.25, 0.3) is 17.7 Å². The molecule has 7 atom stereocenters. The Kier molecular flexibility index (Phi) is 24.5. The van der Waals surface area contributed by atoms with E-state index in [2.05, 4.69) is 63.1 Å². The summed E-state index contributed by atoms with van der Waals surface area (Å²) in [4.78, 5) is 163. The average Bonchev–Trinajstić information content (AvgIpc) is 4.49. The van der Waals surface area contributed by atoms with Crippen molar-refractivity contribution < 1.29 is 57.8 Å². The maximum atomic E-state index is 14.7. The Morgan fingerprint density at radius 2 is 0.899 bits per heavy atom. The molecule has 0 saturated carbocycles. The molecule has 6 bridgehead atoms. The van der Waals surface area contributed by atoms with E-state index in [4.69, 9.17) is 10.7 Å². The van der Waals surface area contributed by atoms with Gasteiger partial charge in [0.05, 0.1) is 50.7 Å². The lowest BCUT2D eigenvalue weighted by Crippen LogP contribution is -2.56. The van der Waals surface area contributed by atoms with E-state index in [1.54, 1.807) is 78.2 Å². The minimum absolute atomic E-state index is 0.00976. The van der Waals surface area contributed by atoms with Gasteiger partial charge in [-0.2, -0.15) is 0 Å². The SMILES string of the molecule is CC[C@H](C)[C@@H]1NC(=O)[C@H](Cc2ccccc2)NC(=O)[C@H](Cc2ccccc2)NC(=O)CNC(=O)CNC(=O)CNC(=O)CNC(=O)c2csc(n2)[C@@H](CC(N)=O)NC(=O)[C@H](Cc2ccc(O)cc2)NC(=O)c2csc(n2)[C@H](CC(C)C)NC(=O)c2csc1n2. The highest BCUT2D eigenvalue weighted by Crippen LogP contribution is 2.30.